The van der Waals surface area contributed by atoms with Gasteiger partial charge < -0.3 is 0 Å². The Kier molecular flexibility index (Phi) is 2.30. The molecule has 0 N–H and O–H groups in total. The van der Waals surface area contributed by atoms with Gasteiger partial charge in [0.05, 0.1) is 6.20 Å². The van der Waals surface area contributed by atoms with Crippen LogP contribution in [0.25, 0.3) is 11.2 Å². The minimum Gasteiger partial charge on any atom is -0.251 e. The molecule has 1 aromatic carbocycles. The van der Waals surface area contributed by atoms with Crippen molar-refractivity contribution in [1.82, 2.24) is 18.9 Å². The van der Waals surface area contributed by atoms with Crippen LogP contribution < -0.4 is 0 Å². The highest BCUT2D eigenvalue weighted by atomic mass is 32.2. The Hall–Kier alpha value is -1.88. The predicted octanol–water partition coefficient (Wildman–Crippen LogP) is 2.38. The molecule has 0 saturated carbocycles. The molecule has 0 saturated heterocycles. The largest absolute Gasteiger partial charge is 0.251 e. The number of rotatable bonds is 2. The molecule has 3 rings (SSSR count). The number of hydrogen-bond donors (Lipinski definition) is 0. The van der Waals surface area contributed by atoms with Crippen molar-refractivity contribution in [2.75, 3.05) is 0 Å². The third kappa shape index (κ3) is 1.65. The van der Waals surface area contributed by atoms with E-state index in [-0.39, 0.29) is 0 Å². The summed E-state index contributed by atoms with van der Waals surface area (Å²) >= 11 is 1.59. The van der Waals surface area contributed by atoms with Crippen molar-refractivity contribution in [2.45, 2.75) is 4.90 Å². The van der Waals surface area contributed by atoms with E-state index >= 15 is 0 Å². The van der Waals surface area contributed by atoms with Crippen LogP contribution in [0.4, 0.5) is 0 Å². The van der Waals surface area contributed by atoms with Crippen molar-refractivity contribution in [3.8, 4) is 0 Å². The summed E-state index contributed by atoms with van der Waals surface area (Å²) in [6.45, 7) is 0. The Morgan fingerprint density at radius 1 is 1.06 bits per heavy atom. The third-order valence-electron chi connectivity index (χ3n) is 2.13. The maximum atomic E-state index is 4.23. The molecular weight excluding hydrogens is 220 g/mol. The summed E-state index contributed by atoms with van der Waals surface area (Å²) in [5, 5.41) is 0. The Labute approximate surface area is 96.5 Å². The molecule has 0 atom stereocenters. The lowest BCUT2D eigenvalue weighted by Crippen LogP contribution is -1.87. The van der Waals surface area contributed by atoms with Crippen molar-refractivity contribution >= 4 is 23.1 Å². The van der Waals surface area contributed by atoms with E-state index in [1.807, 2.05) is 22.2 Å². The van der Waals surface area contributed by atoms with Gasteiger partial charge in [-0.25, -0.2) is 15.0 Å². The van der Waals surface area contributed by atoms with Crippen molar-refractivity contribution in [3.63, 3.8) is 0 Å². The number of aromatic nitrogens is 4. The highest BCUT2D eigenvalue weighted by Crippen LogP contribution is 2.22. The maximum Gasteiger partial charge on any atom is 0.173 e. The summed E-state index contributed by atoms with van der Waals surface area (Å²) in [5.41, 5.74) is 1.65. The quantitative estimate of drug-likeness (QED) is 0.675. The van der Waals surface area contributed by atoms with Crippen molar-refractivity contribution in [1.29, 1.82) is 0 Å². The van der Waals surface area contributed by atoms with E-state index in [1.54, 1.807) is 24.5 Å². The maximum absolute atomic E-state index is 4.23. The topological polar surface area (TPSA) is 43.6 Å². The molecule has 0 radical (unpaired) electrons. The van der Waals surface area contributed by atoms with E-state index in [2.05, 4.69) is 27.1 Å². The molecule has 2 heterocycles. The van der Waals surface area contributed by atoms with Crippen LogP contribution in [0.15, 0.2) is 54.1 Å². The van der Waals surface area contributed by atoms with E-state index in [0.29, 0.717) is 0 Å². The SMILES string of the molecule is c1ccc(Sn2cnc3cncnc32)cc1. The average Bonchev–Trinajstić information content (AvgIpc) is 2.74. The summed E-state index contributed by atoms with van der Waals surface area (Å²) in [6.07, 6.45) is 5.01. The molecule has 0 amide bonds. The highest BCUT2D eigenvalue weighted by Gasteiger charge is 2.04. The van der Waals surface area contributed by atoms with Crippen LogP contribution >= 0.6 is 11.9 Å². The van der Waals surface area contributed by atoms with E-state index in [4.69, 9.17) is 0 Å². The molecule has 0 aliphatic rings. The molecule has 0 aliphatic carbocycles. The van der Waals surface area contributed by atoms with Crippen LogP contribution in [0.5, 0.6) is 0 Å². The van der Waals surface area contributed by atoms with Crippen LogP contribution in [0.3, 0.4) is 0 Å². The highest BCUT2D eigenvalue weighted by molar-refractivity contribution is 7.98. The van der Waals surface area contributed by atoms with Gasteiger partial charge in [-0.3, -0.25) is 3.97 Å². The first-order chi connectivity index (χ1) is 7.93. The fraction of sp³-hybridized carbons (Fsp3) is 0. The Balaban J connectivity index is 2.01. The van der Waals surface area contributed by atoms with Gasteiger partial charge in [-0.05, 0) is 24.1 Å². The van der Waals surface area contributed by atoms with Crippen molar-refractivity contribution in [3.05, 3.63) is 49.2 Å². The van der Waals surface area contributed by atoms with E-state index in [9.17, 15) is 0 Å². The molecule has 0 spiro atoms. The van der Waals surface area contributed by atoms with Crippen LogP contribution in [0.2, 0.25) is 0 Å². The minimum absolute atomic E-state index is 0.811. The molecule has 0 aliphatic heterocycles. The summed E-state index contributed by atoms with van der Waals surface area (Å²) < 4.78 is 1.94. The smallest absolute Gasteiger partial charge is 0.173 e. The van der Waals surface area contributed by atoms with Gasteiger partial charge >= 0.3 is 0 Å². The lowest BCUT2D eigenvalue weighted by Gasteiger charge is -2.01. The summed E-state index contributed by atoms with van der Waals surface area (Å²) in [5.74, 6) is 0. The summed E-state index contributed by atoms with van der Waals surface area (Å²) in [7, 11) is 0. The molecule has 2 aromatic heterocycles. The van der Waals surface area contributed by atoms with Gasteiger partial charge in [0.1, 0.15) is 18.2 Å². The second-order valence-corrected chi connectivity index (χ2v) is 4.25. The monoisotopic (exact) mass is 228 g/mol. The van der Waals surface area contributed by atoms with Crippen LogP contribution in [-0.2, 0) is 0 Å². The average molecular weight is 228 g/mol. The van der Waals surface area contributed by atoms with Gasteiger partial charge in [-0.2, -0.15) is 0 Å². The lowest BCUT2D eigenvalue weighted by atomic mass is 10.4. The van der Waals surface area contributed by atoms with Crippen LogP contribution in [0, 0.1) is 0 Å². The summed E-state index contributed by atoms with van der Waals surface area (Å²) in [6, 6.07) is 10.1. The summed E-state index contributed by atoms with van der Waals surface area (Å²) in [4.78, 5) is 13.5. The molecule has 16 heavy (non-hydrogen) atoms. The van der Waals surface area contributed by atoms with E-state index in [0.717, 1.165) is 16.1 Å². The standard InChI is InChI=1S/C11H8N4S/c1-2-4-9(5-3-1)16-15-8-14-10-6-12-7-13-11(10)15/h1-8H. The minimum atomic E-state index is 0.811. The Morgan fingerprint density at radius 3 is 2.81 bits per heavy atom. The van der Waals surface area contributed by atoms with Gasteiger partial charge in [0, 0.05) is 4.90 Å². The number of benzene rings is 1. The molecular formula is C11H8N4S. The first-order valence-corrected chi connectivity index (χ1v) is 5.57. The van der Waals surface area contributed by atoms with Crippen molar-refractivity contribution in [2.24, 2.45) is 0 Å². The zero-order valence-corrected chi connectivity index (χ0v) is 9.13. The molecule has 4 nitrogen and oxygen atoms in total. The van der Waals surface area contributed by atoms with Gasteiger partial charge in [0.15, 0.2) is 5.65 Å². The van der Waals surface area contributed by atoms with Gasteiger partial charge in [-0.1, -0.05) is 18.2 Å². The second-order valence-electron chi connectivity index (χ2n) is 3.21. The van der Waals surface area contributed by atoms with E-state index in [1.165, 1.54) is 6.33 Å². The Morgan fingerprint density at radius 2 is 1.94 bits per heavy atom. The normalized spacial score (nSPS) is 10.8. The first-order valence-electron chi connectivity index (χ1n) is 4.80. The predicted molar refractivity (Wildman–Crippen MR) is 63.0 cm³/mol. The van der Waals surface area contributed by atoms with E-state index < -0.39 is 0 Å². The van der Waals surface area contributed by atoms with Gasteiger partial charge in [0.2, 0.25) is 0 Å². The Bertz CT molecular complexity index is 605. The number of nitrogens with zero attached hydrogens (tertiary/aromatic N) is 4. The van der Waals surface area contributed by atoms with Gasteiger partial charge in [0.25, 0.3) is 0 Å². The molecule has 0 fully saturated rings. The molecule has 0 bridgehead atoms. The van der Waals surface area contributed by atoms with Crippen LogP contribution in [-0.4, -0.2) is 18.9 Å². The zero-order chi connectivity index (χ0) is 10.8. The number of imidazole rings is 1. The lowest BCUT2D eigenvalue weighted by molar-refractivity contribution is 1.17. The zero-order valence-electron chi connectivity index (χ0n) is 8.32. The fourth-order valence-corrected chi connectivity index (χ4v) is 2.24. The fourth-order valence-electron chi connectivity index (χ4n) is 1.41. The number of fused-ring (bicyclic) bond motifs is 1. The third-order valence-corrected chi connectivity index (χ3v) is 3.08. The molecule has 3 aromatic rings. The second kappa shape index (κ2) is 3.94. The number of hydrogen-bond acceptors (Lipinski definition) is 4. The molecule has 0 unspecified atom stereocenters. The molecule has 78 valence electrons. The van der Waals surface area contributed by atoms with Gasteiger partial charge in [-0.15, -0.1) is 0 Å². The van der Waals surface area contributed by atoms with Crippen LogP contribution in [0.1, 0.15) is 0 Å². The van der Waals surface area contributed by atoms with Crippen molar-refractivity contribution < 1.29 is 0 Å². The molecule has 5 heteroatoms. The first kappa shape index (κ1) is 9.35.